The molecule has 2 aromatic carbocycles. The van der Waals surface area contributed by atoms with Crippen molar-refractivity contribution in [1.82, 2.24) is 14.8 Å². The number of piperazine rings is 1. The third-order valence-corrected chi connectivity index (χ3v) is 6.32. The molecule has 9 heteroatoms. The first kappa shape index (κ1) is 27.2. The zero-order valence-corrected chi connectivity index (χ0v) is 22.3. The van der Waals surface area contributed by atoms with Crippen molar-refractivity contribution in [3.05, 3.63) is 66.1 Å². The predicted molar refractivity (Wildman–Crippen MR) is 130 cm³/mol. The van der Waals surface area contributed by atoms with Crippen molar-refractivity contribution in [1.29, 1.82) is 0 Å². The number of nitrogens with zero attached hydrogens (tertiary/aromatic N) is 4. The maximum absolute atomic E-state index is 13.4. The molecule has 1 N–H and O–H groups in total. The number of β-amino-alcohol motifs (C(OH)–C–C–N with tert-alkyl or cyclic N) is 1. The first-order valence-corrected chi connectivity index (χ1v) is 11.5. The first-order chi connectivity index (χ1) is 16.6. The predicted octanol–water partition coefficient (Wildman–Crippen LogP) is 2.99. The maximum Gasteiger partial charge on any atom is 1.00 e. The standard InChI is InChI=1S/C26H30FN4O3.Os/c1-34-22-6-7-25-24(17-22)23(8-9-28-25)26(33)18-30-14-12-29(13-15-30)10-3-11-31(19-32)21-5-2-4-20(27)16-21;/h2,4-9,16-17,26,33H,3,10-15,18H2,1H3;/q-1;+1/t26-;/m0./s1. The van der Waals surface area contributed by atoms with E-state index in [0.29, 0.717) is 18.8 Å². The van der Waals surface area contributed by atoms with Gasteiger partial charge < -0.3 is 24.4 Å². The number of pyridine rings is 1. The Morgan fingerprint density at radius 3 is 2.63 bits per heavy atom. The molecular weight excluding hydrogens is 626 g/mol. The monoisotopic (exact) mass is 657 g/mol. The first-order valence-electron chi connectivity index (χ1n) is 11.5. The van der Waals surface area contributed by atoms with Crippen LogP contribution in [0.15, 0.2) is 54.7 Å². The average Bonchev–Trinajstić information content (AvgIpc) is 2.86. The van der Waals surface area contributed by atoms with E-state index in [4.69, 9.17) is 4.74 Å². The smallest absolute Gasteiger partial charge is 0.497 e. The fraction of sp³-hybridized carbons (Fsp3) is 0.385. The summed E-state index contributed by atoms with van der Waals surface area (Å²) >= 11 is 0. The van der Waals surface area contributed by atoms with Crippen LogP contribution in [0.5, 0.6) is 5.75 Å². The fourth-order valence-corrected chi connectivity index (χ4v) is 4.43. The minimum absolute atomic E-state index is 0. The van der Waals surface area contributed by atoms with Gasteiger partial charge in [0.05, 0.1) is 25.1 Å². The summed E-state index contributed by atoms with van der Waals surface area (Å²) in [6, 6.07) is 13.6. The van der Waals surface area contributed by atoms with Crippen LogP contribution >= 0.6 is 0 Å². The number of rotatable bonds is 10. The summed E-state index contributed by atoms with van der Waals surface area (Å²) in [7, 11) is 1.63. The number of ether oxygens (including phenoxy) is 1. The van der Waals surface area contributed by atoms with Crippen molar-refractivity contribution in [3.8, 4) is 5.75 Å². The van der Waals surface area contributed by atoms with E-state index in [1.165, 1.54) is 17.0 Å². The van der Waals surface area contributed by atoms with Gasteiger partial charge in [0.25, 0.3) is 0 Å². The minimum Gasteiger partial charge on any atom is -0.497 e. The molecule has 1 aromatic heterocycles. The molecule has 0 unspecified atom stereocenters. The van der Waals surface area contributed by atoms with E-state index in [1.807, 2.05) is 30.7 Å². The Hall–Kier alpha value is -2.43. The van der Waals surface area contributed by atoms with E-state index in [9.17, 15) is 14.3 Å². The number of aliphatic hydroxyl groups excluding tert-OH is 1. The van der Waals surface area contributed by atoms with Gasteiger partial charge in [-0.2, -0.15) is 0 Å². The van der Waals surface area contributed by atoms with Crippen LogP contribution in [0.25, 0.3) is 10.9 Å². The summed E-state index contributed by atoms with van der Waals surface area (Å²) < 4.78 is 18.8. The van der Waals surface area contributed by atoms with Crippen LogP contribution in [0.1, 0.15) is 18.1 Å². The third kappa shape index (κ3) is 7.05. The molecule has 3 aromatic rings. The Labute approximate surface area is 218 Å². The summed E-state index contributed by atoms with van der Waals surface area (Å²) in [6.07, 6.45) is 3.79. The molecule has 1 atom stereocenters. The number of benzene rings is 2. The average molecular weight is 656 g/mol. The second-order valence-electron chi connectivity index (χ2n) is 8.52. The molecule has 0 aliphatic carbocycles. The third-order valence-electron chi connectivity index (χ3n) is 6.32. The molecule has 1 amide bonds. The van der Waals surface area contributed by atoms with Gasteiger partial charge in [0, 0.05) is 44.3 Å². The Balaban J connectivity index is 0.00000342. The van der Waals surface area contributed by atoms with Gasteiger partial charge in [0.2, 0.25) is 0 Å². The summed E-state index contributed by atoms with van der Waals surface area (Å²) in [5.41, 5.74) is 2.21. The number of hydrogen-bond donors (Lipinski definition) is 1. The van der Waals surface area contributed by atoms with Gasteiger partial charge in [-0.05, 0) is 55.4 Å². The SMILES string of the molecule is COc1ccc2nccc([C@@H](O)CN3CCN(CCCN([C-]=O)c4cccc(F)c4)CC3)c2c1.[Os+]. The molecule has 7 nitrogen and oxygen atoms in total. The van der Waals surface area contributed by atoms with Crippen molar-refractivity contribution in [2.45, 2.75) is 12.5 Å². The van der Waals surface area contributed by atoms with Gasteiger partial charge in [0.15, 0.2) is 0 Å². The van der Waals surface area contributed by atoms with Crippen LogP contribution in [-0.4, -0.2) is 79.2 Å². The number of anilines is 1. The van der Waals surface area contributed by atoms with Crippen LogP contribution in [-0.2, 0) is 24.6 Å². The topological polar surface area (TPSA) is 69.1 Å². The molecule has 1 aliphatic rings. The summed E-state index contributed by atoms with van der Waals surface area (Å²) in [5, 5.41) is 11.9. The van der Waals surface area contributed by atoms with Crippen LogP contribution in [0.4, 0.5) is 10.1 Å². The van der Waals surface area contributed by atoms with Crippen molar-refractivity contribution >= 4 is 23.0 Å². The molecule has 1 saturated heterocycles. The summed E-state index contributed by atoms with van der Waals surface area (Å²) in [4.78, 5) is 21.7. The molecule has 35 heavy (non-hydrogen) atoms. The number of aromatic nitrogens is 1. The second kappa shape index (κ2) is 13.0. The Kier molecular flexibility index (Phi) is 10.1. The molecule has 187 valence electrons. The van der Waals surface area contributed by atoms with E-state index >= 15 is 0 Å². The molecule has 0 saturated carbocycles. The second-order valence-corrected chi connectivity index (χ2v) is 8.52. The van der Waals surface area contributed by atoms with E-state index in [2.05, 4.69) is 14.8 Å². The molecule has 1 radical (unpaired) electrons. The Morgan fingerprint density at radius 1 is 1.14 bits per heavy atom. The van der Waals surface area contributed by atoms with Crippen LogP contribution < -0.4 is 9.64 Å². The molecular formula is C26H30FN4O3Os. The van der Waals surface area contributed by atoms with Crippen molar-refractivity contribution in [2.75, 3.05) is 57.8 Å². The van der Waals surface area contributed by atoms with Crippen LogP contribution in [0, 0.1) is 5.82 Å². The quantitative estimate of drug-likeness (QED) is 0.268. The minimum atomic E-state index is -0.618. The zero-order valence-electron chi connectivity index (χ0n) is 19.7. The van der Waals surface area contributed by atoms with Crippen LogP contribution in [0.2, 0.25) is 0 Å². The Morgan fingerprint density at radius 2 is 1.91 bits per heavy atom. The molecule has 0 bridgehead atoms. The van der Waals surface area contributed by atoms with Crippen molar-refractivity contribution < 1.29 is 38.8 Å². The largest absolute Gasteiger partial charge is 1.00 e. The normalized spacial score (nSPS) is 15.4. The molecule has 2 heterocycles. The molecule has 1 fully saturated rings. The molecule has 0 spiro atoms. The van der Waals surface area contributed by atoms with Gasteiger partial charge >= 0.3 is 19.8 Å². The number of carbonyl (C=O) groups excluding carboxylic acids is 1. The van der Waals surface area contributed by atoms with Gasteiger partial charge in [-0.1, -0.05) is 12.1 Å². The van der Waals surface area contributed by atoms with Gasteiger partial charge in [0.1, 0.15) is 11.6 Å². The fourth-order valence-electron chi connectivity index (χ4n) is 4.43. The van der Waals surface area contributed by atoms with E-state index in [0.717, 1.165) is 61.4 Å². The van der Waals surface area contributed by atoms with Gasteiger partial charge in [-0.25, -0.2) is 4.39 Å². The Bertz CT molecular complexity index is 1110. The zero-order chi connectivity index (χ0) is 23.9. The van der Waals surface area contributed by atoms with E-state index in [-0.39, 0.29) is 25.6 Å². The van der Waals surface area contributed by atoms with E-state index in [1.54, 1.807) is 25.4 Å². The van der Waals surface area contributed by atoms with Crippen LogP contribution in [0.3, 0.4) is 0 Å². The van der Waals surface area contributed by atoms with Gasteiger partial charge in [-0.15, -0.1) is 11.8 Å². The van der Waals surface area contributed by atoms with E-state index < -0.39 is 6.10 Å². The number of hydrogen-bond acceptors (Lipinski definition) is 6. The molecule has 4 rings (SSSR count). The number of fused-ring (bicyclic) bond motifs is 1. The maximum atomic E-state index is 13.4. The number of aliphatic hydroxyl groups is 1. The van der Waals surface area contributed by atoms with Gasteiger partial charge in [-0.3, -0.25) is 9.88 Å². The van der Waals surface area contributed by atoms with Crippen molar-refractivity contribution in [3.63, 3.8) is 0 Å². The molecule has 1 aliphatic heterocycles. The number of amides is 1. The summed E-state index contributed by atoms with van der Waals surface area (Å²) in [5.74, 6) is 0.376. The number of halogens is 1. The summed E-state index contributed by atoms with van der Waals surface area (Å²) in [6.45, 7) is 5.39. The number of methoxy groups -OCH3 is 1. The van der Waals surface area contributed by atoms with Crippen molar-refractivity contribution in [2.24, 2.45) is 0 Å².